The Kier molecular flexibility index (Phi) is 4.66. The van der Waals surface area contributed by atoms with Gasteiger partial charge in [-0.15, -0.1) is 11.3 Å². The molecule has 0 aliphatic carbocycles. The normalized spacial score (nSPS) is 10.6. The number of ether oxygens (including phenoxy) is 1. The number of aromatic nitrogens is 2. The molecule has 0 aliphatic heterocycles. The van der Waals surface area contributed by atoms with Gasteiger partial charge in [-0.05, 0) is 19.0 Å². The lowest BCUT2D eigenvalue weighted by atomic mass is 10.3. The van der Waals surface area contributed by atoms with Crippen LogP contribution in [0.3, 0.4) is 0 Å². The van der Waals surface area contributed by atoms with Gasteiger partial charge in [0.05, 0.1) is 7.11 Å². The van der Waals surface area contributed by atoms with Gasteiger partial charge < -0.3 is 10.1 Å². The first-order valence-electron chi connectivity index (χ1n) is 6.00. The Balaban J connectivity index is 2.08. The maximum atomic E-state index is 5.12. The van der Waals surface area contributed by atoms with E-state index >= 15 is 0 Å². The minimum Gasteiger partial charge on any atom is -0.481 e. The second-order valence-corrected chi connectivity index (χ2v) is 4.99. The molecule has 0 saturated carbocycles. The Hall–Kier alpha value is -1.46. The maximum Gasteiger partial charge on any atom is 0.213 e. The predicted molar refractivity (Wildman–Crippen MR) is 73.9 cm³/mol. The van der Waals surface area contributed by atoms with Crippen molar-refractivity contribution in [3.8, 4) is 16.6 Å². The van der Waals surface area contributed by atoms with Crippen molar-refractivity contribution in [1.29, 1.82) is 0 Å². The zero-order valence-corrected chi connectivity index (χ0v) is 11.5. The molecule has 0 amide bonds. The van der Waals surface area contributed by atoms with E-state index in [2.05, 4.69) is 22.2 Å². The van der Waals surface area contributed by atoms with Gasteiger partial charge in [-0.3, -0.25) is 0 Å². The van der Waals surface area contributed by atoms with E-state index in [4.69, 9.17) is 4.74 Å². The van der Waals surface area contributed by atoms with Gasteiger partial charge in [-0.25, -0.2) is 9.97 Å². The molecule has 0 fully saturated rings. The van der Waals surface area contributed by atoms with Gasteiger partial charge in [-0.2, -0.15) is 0 Å². The smallest absolute Gasteiger partial charge is 0.213 e. The lowest BCUT2D eigenvalue weighted by molar-refractivity contribution is 0.398. The van der Waals surface area contributed by atoms with Gasteiger partial charge in [0.1, 0.15) is 10.7 Å². The zero-order chi connectivity index (χ0) is 12.8. The standard InChI is InChI=1S/C13H17N3OS/c1-3-7-14-8-10-9-15-13(18-10)11-5-4-6-12(16-11)17-2/h4-6,9,14H,3,7-8H2,1-2H3. The molecule has 0 bridgehead atoms. The molecule has 0 atom stereocenters. The summed E-state index contributed by atoms with van der Waals surface area (Å²) in [5.74, 6) is 0.619. The second-order valence-electron chi connectivity index (χ2n) is 3.87. The van der Waals surface area contributed by atoms with Gasteiger partial charge in [-0.1, -0.05) is 13.0 Å². The highest BCUT2D eigenvalue weighted by Crippen LogP contribution is 2.24. The quantitative estimate of drug-likeness (QED) is 0.814. The molecule has 0 radical (unpaired) electrons. The lowest BCUT2D eigenvalue weighted by Gasteiger charge is -2.00. The fraction of sp³-hybridized carbons (Fsp3) is 0.385. The van der Waals surface area contributed by atoms with Crippen molar-refractivity contribution in [2.24, 2.45) is 0 Å². The second kappa shape index (κ2) is 6.47. The summed E-state index contributed by atoms with van der Waals surface area (Å²) in [5.41, 5.74) is 0.862. The Morgan fingerprint density at radius 3 is 3.06 bits per heavy atom. The maximum absolute atomic E-state index is 5.12. The summed E-state index contributed by atoms with van der Waals surface area (Å²) in [4.78, 5) is 10.0. The largest absolute Gasteiger partial charge is 0.481 e. The number of thiazole rings is 1. The molecule has 4 nitrogen and oxygen atoms in total. The van der Waals surface area contributed by atoms with Crippen LogP contribution in [0.4, 0.5) is 0 Å². The molecule has 2 aromatic heterocycles. The van der Waals surface area contributed by atoms with E-state index in [1.54, 1.807) is 18.4 Å². The molecule has 0 unspecified atom stereocenters. The number of hydrogen-bond donors (Lipinski definition) is 1. The van der Waals surface area contributed by atoms with E-state index in [1.165, 1.54) is 4.88 Å². The highest BCUT2D eigenvalue weighted by Gasteiger charge is 2.06. The van der Waals surface area contributed by atoms with E-state index in [-0.39, 0.29) is 0 Å². The fourth-order valence-corrected chi connectivity index (χ4v) is 2.40. The summed E-state index contributed by atoms with van der Waals surface area (Å²) >= 11 is 1.66. The molecule has 2 heterocycles. The van der Waals surface area contributed by atoms with Crippen molar-refractivity contribution in [2.45, 2.75) is 19.9 Å². The summed E-state index contributed by atoms with van der Waals surface area (Å²) in [6.07, 6.45) is 3.05. The first kappa shape index (κ1) is 13.0. The summed E-state index contributed by atoms with van der Waals surface area (Å²) in [5, 5.41) is 4.30. The number of rotatable bonds is 6. The molecule has 0 spiro atoms. The molecule has 1 N–H and O–H groups in total. The topological polar surface area (TPSA) is 47.0 Å². The lowest BCUT2D eigenvalue weighted by Crippen LogP contribution is -2.12. The number of nitrogens with one attached hydrogen (secondary N) is 1. The Bertz CT molecular complexity index is 498. The van der Waals surface area contributed by atoms with Crippen molar-refractivity contribution in [3.63, 3.8) is 0 Å². The van der Waals surface area contributed by atoms with Crippen LogP contribution < -0.4 is 10.1 Å². The first-order valence-corrected chi connectivity index (χ1v) is 6.82. The van der Waals surface area contributed by atoms with E-state index in [1.807, 2.05) is 24.4 Å². The SMILES string of the molecule is CCCNCc1cnc(-c2cccc(OC)n2)s1. The van der Waals surface area contributed by atoms with Gasteiger partial charge in [0.15, 0.2) is 0 Å². The van der Waals surface area contributed by atoms with Crippen molar-refractivity contribution in [2.75, 3.05) is 13.7 Å². The van der Waals surface area contributed by atoms with E-state index < -0.39 is 0 Å². The van der Waals surface area contributed by atoms with Crippen LogP contribution in [0.25, 0.3) is 10.7 Å². The van der Waals surface area contributed by atoms with Crippen LogP contribution >= 0.6 is 11.3 Å². The van der Waals surface area contributed by atoms with Crippen molar-refractivity contribution < 1.29 is 4.74 Å². The summed E-state index contributed by atoms with van der Waals surface area (Å²) in [6.45, 7) is 4.06. The van der Waals surface area contributed by atoms with Crippen LogP contribution in [0.2, 0.25) is 0 Å². The van der Waals surface area contributed by atoms with Gasteiger partial charge >= 0.3 is 0 Å². The monoisotopic (exact) mass is 263 g/mol. The van der Waals surface area contributed by atoms with Crippen molar-refractivity contribution in [1.82, 2.24) is 15.3 Å². The Morgan fingerprint density at radius 1 is 1.39 bits per heavy atom. The fourth-order valence-electron chi connectivity index (χ4n) is 1.54. The summed E-state index contributed by atoms with van der Waals surface area (Å²) in [6, 6.07) is 5.71. The molecular weight excluding hydrogens is 246 g/mol. The molecule has 5 heteroatoms. The number of hydrogen-bond acceptors (Lipinski definition) is 5. The third kappa shape index (κ3) is 3.27. The summed E-state index contributed by atoms with van der Waals surface area (Å²) in [7, 11) is 1.62. The van der Waals surface area contributed by atoms with E-state index in [0.29, 0.717) is 5.88 Å². The molecule has 18 heavy (non-hydrogen) atoms. The summed E-state index contributed by atoms with van der Waals surface area (Å²) < 4.78 is 5.12. The van der Waals surface area contributed by atoms with Crippen LogP contribution in [-0.4, -0.2) is 23.6 Å². The van der Waals surface area contributed by atoms with Crippen molar-refractivity contribution >= 4 is 11.3 Å². The van der Waals surface area contributed by atoms with Gasteiger partial charge in [0.2, 0.25) is 5.88 Å². The van der Waals surface area contributed by atoms with E-state index in [0.717, 1.165) is 30.2 Å². The number of pyridine rings is 1. The van der Waals surface area contributed by atoms with E-state index in [9.17, 15) is 0 Å². The van der Waals surface area contributed by atoms with Gasteiger partial charge in [0.25, 0.3) is 0 Å². The Labute approximate surface area is 111 Å². The van der Waals surface area contributed by atoms with Crippen LogP contribution in [0.5, 0.6) is 5.88 Å². The van der Waals surface area contributed by atoms with Crippen LogP contribution in [0.1, 0.15) is 18.2 Å². The van der Waals surface area contributed by atoms with Crippen LogP contribution in [-0.2, 0) is 6.54 Å². The number of methoxy groups -OCH3 is 1. The minimum atomic E-state index is 0.619. The molecule has 0 aromatic carbocycles. The molecule has 0 saturated heterocycles. The van der Waals surface area contributed by atoms with Crippen molar-refractivity contribution in [3.05, 3.63) is 29.3 Å². The third-order valence-corrected chi connectivity index (χ3v) is 3.45. The third-order valence-electron chi connectivity index (χ3n) is 2.43. The highest BCUT2D eigenvalue weighted by atomic mass is 32.1. The molecule has 2 aromatic rings. The zero-order valence-electron chi connectivity index (χ0n) is 10.6. The predicted octanol–water partition coefficient (Wildman–Crippen LogP) is 2.71. The average Bonchev–Trinajstić information content (AvgIpc) is 2.88. The van der Waals surface area contributed by atoms with Gasteiger partial charge in [0, 0.05) is 23.7 Å². The minimum absolute atomic E-state index is 0.619. The first-order chi connectivity index (χ1) is 8.83. The Morgan fingerprint density at radius 2 is 2.28 bits per heavy atom. The molecular formula is C13H17N3OS. The molecule has 96 valence electrons. The molecule has 0 aliphatic rings. The highest BCUT2D eigenvalue weighted by molar-refractivity contribution is 7.14. The van der Waals surface area contributed by atoms with Crippen LogP contribution in [0.15, 0.2) is 24.4 Å². The van der Waals surface area contributed by atoms with Crippen LogP contribution in [0, 0.1) is 0 Å². The average molecular weight is 263 g/mol. The number of nitrogens with zero attached hydrogens (tertiary/aromatic N) is 2. The molecule has 2 rings (SSSR count).